The van der Waals surface area contributed by atoms with Crippen LogP contribution in [0.4, 0.5) is 4.79 Å². The first-order valence-electron chi connectivity index (χ1n) is 8.53. The Balaban J connectivity index is 1.79. The molecule has 1 aliphatic rings. The fourth-order valence-corrected chi connectivity index (χ4v) is 2.86. The van der Waals surface area contributed by atoms with Crippen LogP contribution in [0.5, 0.6) is 0 Å². The van der Waals surface area contributed by atoms with Gasteiger partial charge in [0.1, 0.15) is 12.2 Å². The first-order valence-corrected chi connectivity index (χ1v) is 8.53. The molecule has 0 aliphatic heterocycles. The summed E-state index contributed by atoms with van der Waals surface area (Å²) in [6, 6.07) is 9.60. The Morgan fingerprint density at radius 3 is 2.54 bits per heavy atom. The van der Waals surface area contributed by atoms with Crippen LogP contribution in [0.15, 0.2) is 30.3 Å². The third kappa shape index (κ3) is 6.22. The second kappa shape index (κ2) is 8.18. The molecule has 132 valence electrons. The van der Waals surface area contributed by atoms with E-state index in [9.17, 15) is 9.59 Å². The van der Waals surface area contributed by atoms with E-state index < -0.39 is 11.7 Å². The normalized spacial score (nSPS) is 21.0. The van der Waals surface area contributed by atoms with E-state index in [-0.39, 0.29) is 17.9 Å². The summed E-state index contributed by atoms with van der Waals surface area (Å²) in [5, 5.41) is 2.87. The predicted octanol–water partition coefficient (Wildman–Crippen LogP) is 3.81. The van der Waals surface area contributed by atoms with Crippen molar-refractivity contribution in [2.45, 2.75) is 64.7 Å². The van der Waals surface area contributed by atoms with Crippen molar-refractivity contribution in [1.82, 2.24) is 5.32 Å². The van der Waals surface area contributed by atoms with Crippen molar-refractivity contribution in [2.75, 3.05) is 0 Å². The molecule has 1 aromatic carbocycles. The molecule has 0 radical (unpaired) electrons. The molecular weight excluding hydrogens is 306 g/mol. The summed E-state index contributed by atoms with van der Waals surface area (Å²) in [5.41, 5.74) is 0.456. The summed E-state index contributed by atoms with van der Waals surface area (Å²) >= 11 is 0. The number of amides is 1. The monoisotopic (exact) mass is 333 g/mol. The zero-order valence-corrected chi connectivity index (χ0v) is 14.7. The van der Waals surface area contributed by atoms with E-state index in [4.69, 9.17) is 9.47 Å². The van der Waals surface area contributed by atoms with E-state index in [1.165, 1.54) is 0 Å². The van der Waals surface area contributed by atoms with Gasteiger partial charge in [0.05, 0.1) is 5.92 Å². The lowest BCUT2D eigenvalue weighted by Gasteiger charge is -2.29. The minimum atomic E-state index is -0.521. The highest BCUT2D eigenvalue weighted by molar-refractivity contribution is 5.73. The van der Waals surface area contributed by atoms with Gasteiger partial charge in [-0.3, -0.25) is 4.79 Å². The van der Waals surface area contributed by atoms with Crippen LogP contribution >= 0.6 is 0 Å². The van der Waals surface area contributed by atoms with E-state index in [1.54, 1.807) is 0 Å². The third-order valence-corrected chi connectivity index (χ3v) is 3.95. The SMILES string of the molecule is CC(C)(C)OC(=O)NC1CCC[C@@H](C(=O)OCc2ccccc2)C1. The van der Waals surface area contributed by atoms with Gasteiger partial charge in [0.25, 0.3) is 0 Å². The van der Waals surface area contributed by atoms with Gasteiger partial charge in [0, 0.05) is 6.04 Å². The summed E-state index contributed by atoms with van der Waals surface area (Å²) in [4.78, 5) is 24.1. The van der Waals surface area contributed by atoms with Gasteiger partial charge in [-0.2, -0.15) is 0 Å². The molecule has 1 saturated carbocycles. The fraction of sp³-hybridized carbons (Fsp3) is 0.579. The van der Waals surface area contributed by atoms with Crippen LogP contribution in [-0.4, -0.2) is 23.7 Å². The Labute approximate surface area is 143 Å². The topological polar surface area (TPSA) is 64.6 Å². The highest BCUT2D eigenvalue weighted by Crippen LogP contribution is 2.26. The van der Waals surface area contributed by atoms with Crippen LogP contribution in [0.25, 0.3) is 0 Å². The molecule has 1 aromatic rings. The Morgan fingerprint density at radius 2 is 1.88 bits per heavy atom. The molecule has 0 bridgehead atoms. The van der Waals surface area contributed by atoms with Crippen LogP contribution in [0, 0.1) is 5.92 Å². The van der Waals surface area contributed by atoms with Gasteiger partial charge in [0.2, 0.25) is 0 Å². The van der Waals surface area contributed by atoms with Crippen molar-refractivity contribution in [3.8, 4) is 0 Å². The Kier molecular flexibility index (Phi) is 6.23. The fourth-order valence-electron chi connectivity index (χ4n) is 2.86. The molecule has 0 heterocycles. The van der Waals surface area contributed by atoms with Crippen molar-refractivity contribution in [3.05, 3.63) is 35.9 Å². The van der Waals surface area contributed by atoms with E-state index in [0.717, 1.165) is 24.8 Å². The van der Waals surface area contributed by atoms with Crippen molar-refractivity contribution in [2.24, 2.45) is 5.92 Å². The Morgan fingerprint density at radius 1 is 1.17 bits per heavy atom. The van der Waals surface area contributed by atoms with E-state index >= 15 is 0 Å². The summed E-state index contributed by atoms with van der Waals surface area (Å²) in [7, 11) is 0. The van der Waals surface area contributed by atoms with Gasteiger partial charge in [-0.1, -0.05) is 36.8 Å². The second-order valence-electron chi connectivity index (χ2n) is 7.30. The maximum Gasteiger partial charge on any atom is 0.407 e. The number of hydrogen-bond donors (Lipinski definition) is 1. The van der Waals surface area contributed by atoms with Crippen LogP contribution < -0.4 is 5.32 Å². The number of alkyl carbamates (subject to hydrolysis) is 1. The number of rotatable bonds is 4. The Hall–Kier alpha value is -2.04. The van der Waals surface area contributed by atoms with Crippen LogP contribution in [0.3, 0.4) is 0 Å². The standard InChI is InChI=1S/C19H27NO4/c1-19(2,3)24-18(22)20-16-11-7-10-15(12-16)17(21)23-13-14-8-5-4-6-9-14/h4-6,8-9,15-16H,7,10-13H2,1-3H3,(H,20,22)/t15-,16?/m1/s1. The third-order valence-electron chi connectivity index (χ3n) is 3.95. The minimum absolute atomic E-state index is 0.0390. The zero-order chi connectivity index (χ0) is 17.6. The van der Waals surface area contributed by atoms with Gasteiger partial charge in [-0.25, -0.2) is 4.79 Å². The molecule has 2 atom stereocenters. The number of hydrogen-bond acceptors (Lipinski definition) is 4. The number of ether oxygens (including phenoxy) is 2. The minimum Gasteiger partial charge on any atom is -0.461 e. The summed E-state index contributed by atoms with van der Waals surface area (Å²) in [6.45, 7) is 5.78. The summed E-state index contributed by atoms with van der Waals surface area (Å²) in [6.07, 6.45) is 2.74. The first kappa shape index (κ1) is 18.3. The van der Waals surface area contributed by atoms with Crippen LogP contribution in [0.2, 0.25) is 0 Å². The highest BCUT2D eigenvalue weighted by Gasteiger charge is 2.30. The molecule has 0 spiro atoms. The lowest BCUT2D eigenvalue weighted by molar-refractivity contribution is -0.151. The summed E-state index contributed by atoms with van der Waals surface area (Å²) in [5.74, 6) is -0.350. The number of benzene rings is 1. The van der Waals surface area contributed by atoms with E-state index in [2.05, 4.69) is 5.32 Å². The maximum absolute atomic E-state index is 12.3. The highest BCUT2D eigenvalue weighted by atomic mass is 16.6. The number of carbonyl (C=O) groups is 2. The average Bonchev–Trinajstić information content (AvgIpc) is 2.52. The number of nitrogens with one attached hydrogen (secondary N) is 1. The van der Waals surface area contributed by atoms with E-state index in [0.29, 0.717) is 13.0 Å². The van der Waals surface area contributed by atoms with Crippen molar-refractivity contribution in [3.63, 3.8) is 0 Å². The maximum atomic E-state index is 12.3. The predicted molar refractivity (Wildman–Crippen MR) is 91.4 cm³/mol. The van der Waals surface area contributed by atoms with Crippen molar-refractivity contribution in [1.29, 1.82) is 0 Å². The van der Waals surface area contributed by atoms with Crippen molar-refractivity contribution < 1.29 is 19.1 Å². The van der Waals surface area contributed by atoms with Gasteiger partial charge in [0.15, 0.2) is 0 Å². The quantitative estimate of drug-likeness (QED) is 0.851. The Bertz CT molecular complexity index is 550. The lowest BCUT2D eigenvalue weighted by Crippen LogP contribution is -2.42. The molecule has 1 aliphatic carbocycles. The summed E-state index contributed by atoms with van der Waals surface area (Å²) < 4.78 is 10.7. The van der Waals surface area contributed by atoms with E-state index in [1.807, 2.05) is 51.1 Å². The second-order valence-corrected chi connectivity index (χ2v) is 7.30. The molecule has 5 heteroatoms. The molecule has 1 amide bonds. The smallest absolute Gasteiger partial charge is 0.407 e. The largest absolute Gasteiger partial charge is 0.461 e. The molecule has 0 aromatic heterocycles. The molecule has 5 nitrogen and oxygen atoms in total. The van der Waals surface area contributed by atoms with Gasteiger partial charge >= 0.3 is 12.1 Å². The molecule has 2 rings (SSSR count). The molecule has 0 saturated heterocycles. The van der Waals surface area contributed by atoms with Crippen LogP contribution in [-0.2, 0) is 20.9 Å². The van der Waals surface area contributed by atoms with Crippen molar-refractivity contribution >= 4 is 12.1 Å². The molecule has 1 N–H and O–H groups in total. The average molecular weight is 333 g/mol. The molecule has 1 fully saturated rings. The molecule has 24 heavy (non-hydrogen) atoms. The van der Waals surface area contributed by atoms with Gasteiger partial charge in [-0.05, 0) is 45.6 Å². The lowest BCUT2D eigenvalue weighted by atomic mass is 9.86. The van der Waals surface area contributed by atoms with Gasteiger partial charge in [-0.15, -0.1) is 0 Å². The van der Waals surface area contributed by atoms with Gasteiger partial charge < -0.3 is 14.8 Å². The number of esters is 1. The van der Waals surface area contributed by atoms with Crippen LogP contribution in [0.1, 0.15) is 52.0 Å². The first-order chi connectivity index (χ1) is 11.3. The zero-order valence-electron chi connectivity index (χ0n) is 14.7. The number of carbonyl (C=O) groups excluding carboxylic acids is 2. The molecule has 1 unspecified atom stereocenters. The molecular formula is C19H27NO4.